The van der Waals surface area contributed by atoms with Gasteiger partial charge in [-0.3, -0.25) is 14.2 Å². The van der Waals surface area contributed by atoms with Crippen molar-refractivity contribution in [3.63, 3.8) is 0 Å². The molecule has 0 radical (unpaired) electrons. The Morgan fingerprint density at radius 3 is 2.76 bits per heavy atom. The number of carbonyl (C=O) groups excluding carboxylic acids is 1. The van der Waals surface area contributed by atoms with Gasteiger partial charge in [0.2, 0.25) is 0 Å². The van der Waals surface area contributed by atoms with Gasteiger partial charge in [0, 0.05) is 18.9 Å². The number of amides is 1. The molecule has 2 aromatic heterocycles. The van der Waals surface area contributed by atoms with Gasteiger partial charge in [0.1, 0.15) is 10.8 Å². The number of hydrogen-bond donors (Lipinski definition) is 1. The van der Waals surface area contributed by atoms with Crippen LogP contribution >= 0.6 is 11.6 Å². The smallest absolute Gasteiger partial charge is 0.260 e. The van der Waals surface area contributed by atoms with Crippen LogP contribution in [0, 0.1) is 12.7 Å². The van der Waals surface area contributed by atoms with Crippen LogP contribution in [0.2, 0.25) is 5.02 Å². The van der Waals surface area contributed by atoms with Crippen LogP contribution in [0.15, 0.2) is 36.7 Å². The van der Waals surface area contributed by atoms with Crippen molar-refractivity contribution in [1.29, 1.82) is 0 Å². The third-order valence-corrected chi connectivity index (χ3v) is 3.97. The second kappa shape index (κ2) is 7.06. The molecule has 8 heteroatoms. The monoisotopic (exact) mass is 361 g/mol. The predicted octanol–water partition coefficient (Wildman–Crippen LogP) is 3.50. The lowest BCUT2D eigenvalue weighted by Crippen LogP contribution is -2.13. The van der Waals surface area contributed by atoms with Gasteiger partial charge in [-0.2, -0.15) is 10.2 Å². The van der Waals surface area contributed by atoms with Crippen molar-refractivity contribution in [3.8, 4) is 0 Å². The van der Waals surface area contributed by atoms with E-state index in [2.05, 4.69) is 15.5 Å². The lowest BCUT2D eigenvalue weighted by atomic mass is 10.2. The van der Waals surface area contributed by atoms with Crippen LogP contribution < -0.4 is 5.32 Å². The Kier molecular flexibility index (Phi) is 4.85. The van der Waals surface area contributed by atoms with E-state index >= 15 is 0 Å². The second-order valence-corrected chi connectivity index (χ2v) is 6.00. The van der Waals surface area contributed by atoms with Crippen molar-refractivity contribution in [1.82, 2.24) is 19.6 Å². The molecule has 3 rings (SSSR count). The third-order valence-electron chi connectivity index (χ3n) is 3.70. The van der Waals surface area contributed by atoms with E-state index in [-0.39, 0.29) is 17.5 Å². The molecule has 130 valence electrons. The molecule has 0 spiro atoms. The molecule has 25 heavy (non-hydrogen) atoms. The fourth-order valence-corrected chi connectivity index (χ4v) is 2.66. The Labute approximate surface area is 149 Å². The summed E-state index contributed by atoms with van der Waals surface area (Å²) in [4.78, 5) is 12.4. The van der Waals surface area contributed by atoms with E-state index in [1.54, 1.807) is 40.8 Å². The first kappa shape index (κ1) is 17.2. The SMILES string of the molecule is CCn1cc(C(=O)Nc2nn(Cc3cccc(F)c3)cc2Cl)c(C)n1. The molecule has 2 heterocycles. The zero-order valence-corrected chi connectivity index (χ0v) is 14.6. The first-order valence-electron chi connectivity index (χ1n) is 7.79. The largest absolute Gasteiger partial charge is 0.304 e. The summed E-state index contributed by atoms with van der Waals surface area (Å²) in [5.74, 6) is -0.380. The molecule has 0 aliphatic carbocycles. The molecule has 0 saturated carbocycles. The van der Waals surface area contributed by atoms with Gasteiger partial charge >= 0.3 is 0 Å². The Morgan fingerprint density at radius 1 is 1.28 bits per heavy atom. The minimum atomic E-state index is -0.324. The predicted molar refractivity (Wildman–Crippen MR) is 93.3 cm³/mol. The Hall–Kier alpha value is -2.67. The normalized spacial score (nSPS) is 10.9. The molecule has 0 aliphatic heterocycles. The van der Waals surface area contributed by atoms with Crippen LogP contribution in [0.25, 0.3) is 0 Å². The summed E-state index contributed by atoms with van der Waals surface area (Å²) in [6, 6.07) is 6.23. The van der Waals surface area contributed by atoms with Crippen LogP contribution in [0.5, 0.6) is 0 Å². The first-order chi connectivity index (χ1) is 12.0. The van der Waals surface area contributed by atoms with Crippen molar-refractivity contribution in [2.24, 2.45) is 0 Å². The minimum absolute atomic E-state index is 0.256. The zero-order chi connectivity index (χ0) is 18.0. The Balaban J connectivity index is 1.76. The fraction of sp³-hybridized carbons (Fsp3) is 0.235. The van der Waals surface area contributed by atoms with Gasteiger partial charge in [-0.1, -0.05) is 23.7 Å². The second-order valence-electron chi connectivity index (χ2n) is 5.59. The number of aryl methyl sites for hydroxylation is 2. The molecule has 3 aromatic rings. The molecule has 1 aromatic carbocycles. The standard InChI is InChI=1S/C17H17ClFN5O/c1-3-23-9-14(11(2)21-23)17(25)20-16-15(18)10-24(22-16)8-12-5-4-6-13(19)7-12/h4-7,9-10H,3,8H2,1-2H3,(H,20,22,25). The van der Waals surface area contributed by atoms with Gasteiger partial charge in [0.05, 0.1) is 17.8 Å². The van der Waals surface area contributed by atoms with E-state index in [9.17, 15) is 9.18 Å². The number of nitrogens with zero attached hydrogens (tertiary/aromatic N) is 4. The summed E-state index contributed by atoms with van der Waals surface area (Å²) >= 11 is 6.15. The number of hydrogen-bond acceptors (Lipinski definition) is 3. The lowest BCUT2D eigenvalue weighted by molar-refractivity contribution is 0.102. The maximum absolute atomic E-state index is 13.3. The molecule has 0 bridgehead atoms. The minimum Gasteiger partial charge on any atom is -0.304 e. The van der Waals surface area contributed by atoms with Crippen molar-refractivity contribution < 1.29 is 9.18 Å². The average Bonchev–Trinajstić information content (AvgIpc) is 3.10. The van der Waals surface area contributed by atoms with Gasteiger partial charge in [0.15, 0.2) is 5.82 Å². The van der Waals surface area contributed by atoms with E-state index in [0.29, 0.717) is 29.4 Å². The number of halogens is 2. The molecular formula is C17H17ClFN5O. The number of anilines is 1. The highest BCUT2D eigenvalue weighted by Gasteiger charge is 2.16. The summed E-state index contributed by atoms with van der Waals surface area (Å²) in [6.45, 7) is 4.74. The fourth-order valence-electron chi connectivity index (χ4n) is 2.46. The average molecular weight is 362 g/mol. The molecule has 1 N–H and O–H groups in total. The lowest BCUT2D eigenvalue weighted by Gasteiger charge is -2.03. The maximum Gasteiger partial charge on any atom is 0.260 e. The van der Waals surface area contributed by atoms with Crippen molar-refractivity contribution in [2.45, 2.75) is 26.9 Å². The molecule has 6 nitrogen and oxygen atoms in total. The van der Waals surface area contributed by atoms with E-state index in [1.807, 2.05) is 6.92 Å². The number of aromatic nitrogens is 4. The Morgan fingerprint density at radius 2 is 2.08 bits per heavy atom. The zero-order valence-electron chi connectivity index (χ0n) is 13.8. The summed E-state index contributed by atoms with van der Waals surface area (Å²) < 4.78 is 16.5. The van der Waals surface area contributed by atoms with E-state index < -0.39 is 0 Å². The highest BCUT2D eigenvalue weighted by atomic mass is 35.5. The van der Waals surface area contributed by atoms with Crippen LogP contribution in [0.1, 0.15) is 28.5 Å². The molecular weight excluding hydrogens is 345 g/mol. The van der Waals surface area contributed by atoms with Crippen LogP contribution in [0.4, 0.5) is 10.2 Å². The topological polar surface area (TPSA) is 64.7 Å². The molecule has 0 atom stereocenters. The van der Waals surface area contributed by atoms with Gasteiger partial charge in [-0.05, 0) is 31.5 Å². The summed E-state index contributed by atoms with van der Waals surface area (Å²) in [7, 11) is 0. The third kappa shape index (κ3) is 3.88. The van der Waals surface area contributed by atoms with Crippen LogP contribution in [-0.2, 0) is 13.1 Å². The van der Waals surface area contributed by atoms with Crippen molar-refractivity contribution >= 4 is 23.3 Å². The summed E-state index contributed by atoms with van der Waals surface area (Å²) in [5.41, 5.74) is 1.85. The van der Waals surface area contributed by atoms with Crippen LogP contribution in [0.3, 0.4) is 0 Å². The number of benzene rings is 1. The highest BCUT2D eigenvalue weighted by molar-refractivity contribution is 6.33. The van der Waals surface area contributed by atoms with E-state index in [1.165, 1.54) is 12.1 Å². The maximum atomic E-state index is 13.3. The number of rotatable bonds is 5. The summed E-state index contributed by atoms with van der Waals surface area (Å²) in [5, 5.41) is 11.5. The first-order valence-corrected chi connectivity index (χ1v) is 8.17. The van der Waals surface area contributed by atoms with E-state index in [4.69, 9.17) is 11.6 Å². The van der Waals surface area contributed by atoms with Gasteiger partial charge < -0.3 is 5.32 Å². The quantitative estimate of drug-likeness (QED) is 0.756. The van der Waals surface area contributed by atoms with Crippen molar-refractivity contribution in [3.05, 3.63) is 64.3 Å². The van der Waals surface area contributed by atoms with Crippen molar-refractivity contribution in [2.75, 3.05) is 5.32 Å². The molecule has 0 unspecified atom stereocenters. The van der Waals surface area contributed by atoms with E-state index in [0.717, 1.165) is 5.56 Å². The van der Waals surface area contributed by atoms with Gasteiger partial charge in [-0.25, -0.2) is 4.39 Å². The van der Waals surface area contributed by atoms with Gasteiger partial charge in [-0.15, -0.1) is 0 Å². The van der Waals surface area contributed by atoms with Gasteiger partial charge in [0.25, 0.3) is 5.91 Å². The molecule has 1 amide bonds. The Bertz CT molecular complexity index is 918. The highest BCUT2D eigenvalue weighted by Crippen LogP contribution is 2.21. The summed E-state index contributed by atoms with van der Waals surface area (Å²) in [6.07, 6.45) is 3.27. The number of nitrogens with one attached hydrogen (secondary N) is 1. The molecule has 0 aliphatic rings. The van der Waals surface area contributed by atoms with Crippen LogP contribution in [-0.4, -0.2) is 25.5 Å². The number of carbonyl (C=O) groups is 1. The molecule has 0 saturated heterocycles. The molecule has 0 fully saturated rings.